The van der Waals surface area contributed by atoms with Crippen molar-refractivity contribution in [1.29, 1.82) is 0 Å². The zero-order valence-corrected chi connectivity index (χ0v) is 18.9. The minimum Gasteiger partial charge on any atom is -0.496 e. The Morgan fingerprint density at radius 2 is 2.00 bits per heavy atom. The van der Waals surface area contributed by atoms with Crippen molar-refractivity contribution in [3.8, 4) is 17.0 Å². The molecule has 0 spiro atoms. The molecule has 0 bridgehead atoms. The van der Waals surface area contributed by atoms with Crippen LogP contribution >= 0.6 is 0 Å². The van der Waals surface area contributed by atoms with Crippen LogP contribution in [0.15, 0.2) is 36.4 Å². The van der Waals surface area contributed by atoms with Crippen LogP contribution in [0.5, 0.6) is 5.75 Å². The molecule has 8 nitrogen and oxygen atoms in total. The Balaban J connectivity index is 1.81. The highest BCUT2D eigenvalue weighted by Crippen LogP contribution is 2.31. The first-order chi connectivity index (χ1) is 15.3. The molecule has 1 aromatic carbocycles. The topological polar surface area (TPSA) is 97.6 Å². The number of rotatable bonds is 4. The summed E-state index contributed by atoms with van der Waals surface area (Å²) in [5.41, 5.74) is 2.96. The van der Waals surface area contributed by atoms with Crippen molar-refractivity contribution in [3.05, 3.63) is 47.8 Å². The molecule has 4 rings (SSSR count). The average molecular weight is 436 g/mol. The van der Waals surface area contributed by atoms with E-state index < -0.39 is 6.04 Å². The second-order valence-corrected chi connectivity index (χ2v) is 9.09. The lowest BCUT2D eigenvalue weighted by atomic mass is 9.93. The molecular weight excluding hydrogens is 406 g/mol. The van der Waals surface area contributed by atoms with Gasteiger partial charge >= 0.3 is 0 Å². The number of ether oxygens (including phenoxy) is 1. The van der Waals surface area contributed by atoms with Crippen molar-refractivity contribution in [1.82, 2.24) is 25.2 Å². The number of aromatic nitrogens is 3. The molecule has 2 N–H and O–H groups in total. The quantitative estimate of drug-likeness (QED) is 0.656. The minimum atomic E-state index is -0.562. The maximum Gasteiger partial charge on any atom is 0.270 e. The molecule has 1 fully saturated rings. The summed E-state index contributed by atoms with van der Waals surface area (Å²) in [6.07, 6.45) is 2.39. The molecule has 0 saturated carbocycles. The summed E-state index contributed by atoms with van der Waals surface area (Å²) in [7, 11) is 1.61. The molecule has 2 aromatic heterocycles. The summed E-state index contributed by atoms with van der Waals surface area (Å²) >= 11 is 0. The first-order valence-electron chi connectivity index (χ1n) is 10.9. The van der Waals surface area contributed by atoms with Gasteiger partial charge in [-0.05, 0) is 37.5 Å². The number of carbonyl (C=O) groups excluding carboxylic acids is 2. The van der Waals surface area contributed by atoms with E-state index in [0.29, 0.717) is 30.1 Å². The number of nitrogens with zero attached hydrogens (tertiary/aromatic N) is 3. The van der Waals surface area contributed by atoms with Gasteiger partial charge in [0.1, 0.15) is 17.5 Å². The van der Waals surface area contributed by atoms with E-state index in [9.17, 15) is 9.59 Å². The van der Waals surface area contributed by atoms with Gasteiger partial charge in [0.25, 0.3) is 5.91 Å². The summed E-state index contributed by atoms with van der Waals surface area (Å²) in [5, 5.41) is 10.5. The van der Waals surface area contributed by atoms with Crippen molar-refractivity contribution in [3.63, 3.8) is 0 Å². The summed E-state index contributed by atoms with van der Waals surface area (Å²) in [6.45, 7) is 6.88. The van der Waals surface area contributed by atoms with Gasteiger partial charge in [-0.3, -0.25) is 9.59 Å². The standard InChI is InChI=1S/C24H29N5O3/c1-24(2,3)20-14-21-26-17(23(31)27-16-10-7-8-12-25-22(16)30)13-18(29(21)28-20)15-9-5-6-11-19(15)32-4/h5-6,9,11,13-14,16H,7-8,10,12H2,1-4H3,(H,25,30)(H,27,31). The molecule has 3 heterocycles. The van der Waals surface area contributed by atoms with E-state index in [-0.39, 0.29) is 22.9 Å². The molecule has 168 valence electrons. The Bertz CT molecular complexity index is 1160. The number of fused-ring (bicyclic) bond motifs is 1. The molecule has 1 unspecified atom stereocenters. The normalized spacial score (nSPS) is 17.0. The van der Waals surface area contributed by atoms with Crippen LogP contribution in [-0.2, 0) is 10.2 Å². The largest absolute Gasteiger partial charge is 0.496 e. The predicted molar refractivity (Wildman–Crippen MR) is 122 cm³/mol. The molecule has 8 heteroatoms. The fraction of sp³-hybridized carbons (Fsp3) is 0.417. The van der Waals surface area contributed by atoms with E-state index in [1.54, 1.807) is 17.7 Å². The summed E-state index contributed by atoms with van der Waals surface area (Å²) < 4.78 is 7.30. The Labute approximate surface area is 187 Å². The second-order valence-electron chi connectivity index (χ2n) is 9.09. The highest BCUT2D eigenvalue weighted by molar-refractivity contribution is 5.97. The monoisotopic (exact) mass is 435 g/mol. The second kappa shape index (κ2) is 8.61. The van der Waals surface area contributed by atoms with Gasteiger partial charge in [0.2, 0.25) is 5.91 Å². The number of nitrogens with one attached hydrogen (secondary N) is 2. The van der Waals surface area contributed by atoms with Crippen molar-refractivity contribution in [2.75, 3.05) is 13.7 Å². The molecule has 1 atom stereocenters. The Kier molecular flexibility index (Phi) is 5.86. The fourth-order valence-corrected chi connectivity index (χ4v) is 3.81. The number of hydrogen-bond acceptors (Lipinski definition) is 5. The zero-order valence-electron chi connectivity index (χ0n) is 18.9. The summed E-state index contributed by atoms with van der Waals surface area (Å²) in [5.74, 6) is 0.132. The van der Waals surface area contributed by atoms with Crippen LogP contribution in [0.3, 0.4) is 0 Å². The van der Waals surface area contributed by atoms with Crippen molar-refractivity contribution >= 4 is 17.5 Å². The predicted octanol–water partition coefficient (Wildman–Crippen LogP) is 3.10. The van der Waals surface area contributed by atoms with Gasteiger partial charge in [-0.2, -0.15) is 5.10 Å². The number of carbonyl (C=O) groups is 2. The lowest BCUT2D eigenvalue weighted by Crippen LogP contribution is -2.45. The highest BCUT2D eigenvalue weighted by Gasteiger charge is 2.26. The molecule has 1 saturated heterocycles. The third-order valence-corrected chi connectivity index (χ3v) is 5.65. The van der Waals surface area contributed by atoms with Gasteiger partial charge in [0, 0.05) is 23.6 Å². The van der Waals surface area contributed by atoms with Gasteiger partial charge in [-0.25, -0.2) is 9.50 Å². The van der Waals surface area contributed by atoms with Crippen LogP contribution in [-0.4, -0.2) is 46.1 Å². The Morgan fingerprint density at radius 3 is 2.75 bits per heavy atom. The smallest absolute Gasteiger partial charge is 0.270 e. The van der Waals surface area contributed by atoms with Gasteiger partial charge in [0.15, 0.2) is 5.65 Å². The van der Waals surface area contributed by atoms with Crippen molar-refractivity contribution < 1.29 is 14.3 Å². The highest BCUT2D eigenvalue weighted by atomic mass is 16.5. The average Bonchev–Trinajstić information content (AvgIpc) is 3.12. The third kappa shape index (κ3) is 4.30. The minimum absolute atomic E-state index is 0.152. The molecule has 1 aliphatic rings. The van der Waals surface area contributed by atoms with Gasteiger partial charge < -0.3 is 15.4 Å². The van der Waals surface area contributed by atoms with E-state index in [1.165, 1.54) is 0 Å². The lowest BCUT2D eigenvalue weighted by molar-refractivity contribution is -0.122. The van der Waals surface area contributed by atoms with Gasteiger partial charge in [-0.1, -0.05) is 32.9 Å². The Morgan fingerprint density at radius 1 is 1.22 bits per heavy atom. The van der Waals surface area contributed by atoms with Crippen LogP contribution in [0, 0.1) is 0 Å². The van der Waals surface area contributed by atoms with Crippen molar-refractivity contribution in [2.24, 2.45) is 0 Å². The number of para-hydroxylation sites is 1. The van der Waals surface area contributed by atoms with E-state index in [2.05, 4.69) is 36.4 Å². The number of benzene rings is 1. The molecule has 3 aromatic rings. The first kappa shape index (κ1) is 21.8. The van der Waals surface area contributed by atoms with Gasteiger partial charge in [-0.15, -0.1) is 0 Å². The maximum atomic E-state index is 13.1. The molecule has 0 radical (unpaired) electrons. The zero-order chi connectivity index (χ0) is 22.9. The fourth-order valence-electron chi connectivity index (χ4n) is 3.81. The van der Waals surface area contributed by atoms with Crippen LogP contribution < -0.4 is 15.4 Å². The van der Waals surface area contributed by atoms with Crippen molar-refractivity contribution in [2.45, 2.75) is 51.5 Å². The molecule has 32 heavy (non-hydrogen) atoms. The van der Waals surface area contributed by atoms with Crippen LogP contribution in [0.1, 0.15) is 56.2 Å². The maximum absolute atomic E-state index is 13.1. The van der Waals surface area contributed by atoms with E-state index in [0.717, 1.165) is 24.1 Å². The van der Waals surface area contributed by atoms with E-state index in [4.69, 9.17) is 9.84 Å². The summed E-state index contributed by atoms with van der Waals surface area (Å²) in [6, 6.07) is 10.6. The lowest BCUT2D eigenvalue weighted by Gasteiger charge is -2.16. The Hall–Kier alpha value is -3.42. The number of methoxy groups -OCH3 is 1. The SMILES string of the molecule is COc1ccccc1-c1cc(C(=O)NC2CCCCNC2=O)nc2cc(C(C)(C)C)nn12. The van der Waals surface area contributed by atoms with Crippen LogP contribution in [0.25, 0.3) is 16.9 Å². The van der Waals surface area contributed by atoms with Crippen LogP contribution in [0.4, 0.5) is 0 Å². The molecule has 2 amide bonds. The number of hydrogen-bond donors (Lipinski definition) is 2. The van der Waals surface area contributed by atoms with E-state index >= 15 is 0 Å². The van der Waals surface area contributed by atoms with Crippen LogP contribution in [0.2, 0.25) is 0 Å². The molecule has 1 aliphatic heterocycles. The third-order valence-electron chi connectivity index (χ3n) is 5.65. The van der Waals surface area contributed by atoms with E-state index in [1.807, 2.05) is 30.3 Å². The van der Waals surface area contributed by atoms with Gasteiger partial charge in [0.05, 0.1) is 18.5 Å². The first-order valence-corrected chi connectivity index (χ1v) is 10.9. The number of amides is 2. The summed E-state index contributed by atoms with van der Waals surface area (Å²) in [4.78, 5) is 30.0. The molecular formula is C24H29N5O3. The molecule has 0 aliphatic carbocycles.